The van der Waals surface area contributed by atoms with Gasteiger partial charge in [0.1, 0.15) is 0 Å². The van der Waals surface area contributed by atoms with Gasteiger partial charge in [0.2, 0.25) is 0 Å². The van der Waals surface area contributed by atoms with E-state index in [1.54, 1.807) is 7.05 Å². The van der Waals surface area contributed by atoms with Crippen LogP contribution in [0.5, 0.6) is 0 Å². The third-order valence-corrected chi connectivity index (χ3v) is 6.09. The van der Waals surface area contributed by atoms with Crippen molar-refractivity contribution in [3.63, 3.8) is 0 Å². The summed E-state index contributed by atoms with van der Waals surface area (Å²) in [6.07, 6.45) is 4.60. The predicted octanol–water partition coefficient (Wildman–Crippen LogP) is 4.33. The van der Waals surface area contributed by atoms with Crippen molar-refractivity contribution >= 4 is 41.7 Å². The quantitative estimate of drug-likeness (QED) is 0.294. The number of halogens is 1. The number of rotatable bonds is 6. The van der Waals surface area contributed by atoms with Gasteiger partial charge in [0.15, 0.2) is 5.96 Å². The van der Waals surface area contributed by atoms with Crippen LogP contribution in [-0.4, -0.2) is 43.6 Å². The summed E-state index contributed by atoms with van der Waals surface area (Å²) < 4.78 is 0. The summed E-state index contributed by atoms with van der Waals surface area (Å²) in [5, 5.41) is 9.89. The molecule has 2 aromatic rings. The molecule has 2 amide bonds. The normalized spacial score (nSPS) is 16.9. The maximum Gasteiger partial charge on any atom is 0.321 e. The van der Waals surface area contributed by atoms with Crippen molar-refractivity contribution in [1.82, 2.24) is 15.5 Å². The number of guanidine groups is 1. The first-order chi connectivity index (χ1) is 14.7. The second kappa shape index (κ2) is 10.8. The van der Waals surface area contributed by atoms with Gasteiger partial charge in [-0.25, -0.2) is 4.79 Å². The SMILES string of the molecule is CN=C(NCc1cccc(NC(=O)N2CCCC2)c1)NCC1(c2ccccc2)CC1.I. The molecule has 6 nitrogen and oxygen atoms in total. The van der Waals surface area contributed by atoms with E-state index in [-0.39, 0.29) is 35.4 Å². The van der Waals surface area contributed by atoms with Gasteiger partial charge in [0.05, 0.1) is 0 Å². The lowest BCUT2D eigenvalue weighted by Crippen LogP contribution is -2.40. The average molecular weight is 533 g/mol. The van der Waals surface area contributed by atoms with Gasteiger partial charge in [0, 0.05) is 44.3 Å². The molecule has 31 heavy (non-hydrogen) atoms. The van der Waals surface area contributed by atoms with E-state index in [0.29, 0.717) is 6.54 Å². The van der Waals surface area contributed by atoms with Crippen LogP contribution < -0.4 is 16.0 Å². The number of carbonyl (C=O) groups is 1. The molecule has 0 bridgehead atoms. The summed E-state index contributed by atoms with van der Waals surface area (Å²) in [6, 6.07) is 18.7. The van der Waals surface area contributed by atoms with Crippen molar-refractivity contribution in [2.24, 2.45) is 4.99 Å². The number of nitrogens with zero attached hydrogens (tertiary/aromatic N) is 2. The minimum atomic E-state index is -0.00858. The van der Waals surface area contributed by atoms with Gasteiger partial charge < -0.3 is 20.9 Å². The summed E-state index contributed by atoms with van der Waals surface area (Å²) in [6.45, 7) is 3.22. The molecule has 3 N–H and O–H groups in total. The zero-order valence-electron chi connectivity index (χ0n) is 18.1. The lowest BCUT2D eigenvalue weighted by atomic mass is 9.96. The molecular formula is C24H32IN5O. The number of likely N-dealkylation sites (tertiary alicyclic amines) is 1. The third-order valence-electron chi connectivity index (χ3n) is 6.09. The number of anilines is 1. The summed E-state index contributed by atoms with van der Waals surface area (Å²) in [7, 11) is 1.80. The number of amides is 2. The first-order valence-corrected chi connectivity index (χ1v) is 10.8. The fraction of sp³-hybridized carbons (Fsp3) is 0.417. The molecule has 1 saturated heterocycles. The van der Waals surface area contributed by atoms with E-state index in [2.05, 4.69) is 57.3 Å². The molecule has 0 unspecified atom stereocenters. The Bertz CT molecular complexity index is 892. The number of nitrogens with one attached hydrogen (secondary N) is 3. The van der Waals surface area contributed by atoms with Crippen LogP contribution in [0, 0.1) is 0 Å². The molecule has 0 spiro atoms. The number of carbonyl (C=O) groups excluding carboxylic acids is 1. The Labute approximate surface area is 201 Å². The lowest BCUT2D eigenvalue weighted by molar-refractivity contribution is 0.222. The van der Waals surface area contributed by atoms with E-state index in [0.717, 1.165) is 49.7 Å². The second-order valence-electron chi connectivity index (χ2n) is 8.25. The van der Waals surface area contributed by atoms with E-state index in [9.17, 15) is 4.79 Å². The molecule has 166 valence electrons. The van der Waals surface area contributed by atoms with Crippen LogP contribution in [0.3, 0.4) is 0 Å². The molecule has 1 aliphatic heterocycles. The average Bonchev–Trinajstić information content (AvgIpc) is 3.37. The van der Waals surface area contributed by atoms with Crippen LogP contribution in [0.4, 0.5) is 10.5 Å². The van der Waals surface area contributed by atoms with Gasteiger partial charge in [0.25, 0.3) is 0 Å². The van der Waals surface area contributed by atoms with Crippen molar-refractivity contribution in [2.45, 2.75) is 37.6 Å². The topological polar surface area (TPSA) is 68.8 Å². The molecule has 1 heterocycles. The van der Waals surface area contributed by atoms with Gasteiger partial charge in [-0.2, -0.15) is 0 Å². The highest BCUT2D eigenvalue weighted by molar-refractivity contribution is 14.0. The highest BCUT2D eigenvalue weighted by Crippen LogP contribution is 2.47. The van der Waals surface area contributed by atoms with E-state index >= 15 is 0 Å². The standard InChI is InChI=1S/C24H31N5O.HI/c1-25-22(27-18-24(12-13-24)20-9-3-2-4-10-20)26-17-19-8-7-11-21(16-19)28-23(30)29-14-5-6-15-29;/h2-4,7-11,16H,5-6,12-15,17-18H2,1H3,(H,28,30)(H2,25,26,27);1H. The number of benzene rings is 2. The molecule has 1 aliphatic carbocycles. The van der Waals surface area contributed by atoms with Gasteiger partial charge in [-0.3, -0.25) is 4.99 Å². The van der Waals surface area contributed by atoms with Gasteiger partial charge in [-0.05, 0) is 48.9 Å². The molecule has 7 heteroatoms. The van der Waals surface area contributed by atoms with Crippen LogP contribution in [-0.2, 0) is 12.0 Å². The predicted molar refractivity (Wildman–Crippen MR) is 137 cm³/mol. The number of aliphatic imine (C=N–C) groups is 1. The summed E-state index contributed by atoms with van der Waals surface area (Å²) in [5.74, 6) is 0.795. The molecule has 4 rings (SSSR count). The van der Waals surface area contributed by atoms with Crippen LogP contribution in [0.25, 0.3) is 0 Å². The third kappa shape index (κ3) is 6.12. The molecular weight excluding hydrogens is 501 g/mol. The lowest BCUT2D eigenvalue weighted by Gasteiger charge is -2.19. The second-order valence-corrected chi connectivity index (χ2v) is 8.25. The Hall–Kier alpha value is -2.29. The Morgan fingerprint density at radius 2 is 1.77 bits per heavy atom. The molecule has 1 saturated carbocycles. The first-order valence-electron chi connectivity index (χ1n) is 10.8. The monoisotopic (exact) mass is 533 g/mol. The zero-order valence-corrected chi connectivity index (χ0v) is 20.4. The van der Waals surface area contributed by atoms with Crippen LogP contribution in [0.2, 0.25) is 0 Å². The number of urea groups is 1. The van der Waals surface area contributed by atoms with E-state index in [1.165, 1.54) is 18.4 Å². The van der Waals surface area contributed by atoms with E-state index in [1.807, 2.05) is 23.1 Å². The summed E-state index contributed by atoms with van der Waals surface area (Å²) in [5.41, 5.74) is 3.56. The van der Waals surface area contributed by atoms with Crippen LogP contribution >= 0.6 is 24.0 Å². The Balaban J connectivity index is 0.00000272. The fourth-order valence-electron chi connectivity index (χ4n) is 4.05. The van der Waals surface area contributed by atoms with Crippen molar-refractivity contribution in [1.29, 1.82) is 0 Å². The van der Waals surface area contributed by atoms with Crippen molar-refractivity contribution < 1.29 is 4.79 Å². The van der Waals surface area contributed by atoms with Gasteiger partial charge in [-0.1, -0.05) is 42.5 Å². The van der Waals surface area contributed by atoms with Crippen molar-refractivity contribution in [3.8, 4) is 0 Å². The molecule has 2 aromatic carbocycles. The highest BCUT2D eigenvalue weighted by atomic mass is 127. The van der Waals surface area contributed by atoms with Crippen molar-refractivity contribution in [3.05, 3.63) is 65.7 Å². The Kier molecular flexibility index (Phi) is 8.17. The largest absolute Gasteiger partial charge is 0.356 e. The minimum Gasteiger partial charge on any atom is -0.356 e. The van der Waals surface area contributed by atoms with Gasteiger partial charge in [-0.15, -0.1) is 24.0 Å². The van der Waals surface area contributed by atoms with E-state index in [4.69, 9.17) is 0 Å². The first kappa shape index (κ1) is 23.4. The summed E-state index contributed by atoms with van der Waals surface area (Å²) >= 11 is 0. The maximum atomic E-state index is 12.3. The molecule has 2 fully saturated rings. The zero-order chi connectivity index (χ0) is 20.8. The summed E-state index contributed by atoms with van der Waals surface area (Å²) in [4.78, 5) is 18.6. The molecule has 2 aliphatic rings. The number of hydrogen-bond acceptors (Lipinski definition) is 2. The van der Waals surface area contributed by atoms with Crippen LogP contribution in [0.15, 0.2) is 59.6 Å². The molecule has 0 atom stereocenters. The van der Waals surface area contributed by atoms with Gasteiger partial charge >= 0.3 is 6.03 Å². The van der Waals surface area contributed by atoms with Crippen molar-refractivity contribution in [2.75, 3.05) is 32.0 Å². The number of hydrogen-bond donors (Lipinski definition) is 3. The maximum absolute atomic E-state index is 12.3. The Morgan fingerprint density at radius 3 is 2.45 bits per heavy atom. The fourth-order valence-corrected chi connectivity index (χ4v) is 4.05. The highest BCUT2D eigenvalue weighted by Gasteiger charge is 2.43. The minimum absolute atomic E-state index is 0. The smallest absolute Gasteiger partial charge is 0.321 e. The van der Waals surface area contributed by atoms with E-state index < -0.39 is 0 Å². The Morgan fingerprint density at radius 1 is 1.03 bits per heavy atom. The molecule has 0 radical (unpaired) electrons. The molecule has 0 aromatic heterocycles. The van der Waals surface area contributed by atoms with Crippen LogP contribution in [0.1, 0.15) is 36.8 Å².